The molecule has 1 amide bonds. The molecule has 2 rings (SSSR count). The zero-order valence-corrected chi connectivity index (χ0v) is 11.9. The Morgan fingerprint density at radius 2 is 1.94 bits per heavy atom. The number of halogens is 1. The maximum absolute atomic E-state index is 12.1. The monoisotopic (exact) mass is 307 g/mol. The van der Waals surface area contributed by atoms with E-state index in [1.54, 1.807) is 18.0 Å². The lowest BCUT2D eigenvalue weighted by molar-refractivity contribution is 0.0783. The second kappa shape index (κ2) is 5.40. The maximum Gasteiger partial charge on any atom is 0.258 e. The Morgan fingerprint density at radius 1 is 1.28 bits per heavy atom. The van der Waals surface area contributed by atoms with Gasteiger partial charge < -0.3 is 9.32 Å². The van der Waals surface area contributed by atoms with Crippen LogP contribution < -0.4 is 0 Å². The number of hydrogen-bond acceptors (Lipinski definition) is 2. The molecule has 0 aliphatic carbocycles. The number of amides is 1. The van der Waals surface area contributed by atoms with E-state index in [9.17, 15) is 4.79 Å². The van der Waals surface area contributed by atoms with Crippen LogP contribution in [0, 0.1) is 6.92 Å². The number of nitrogens with zero attached hydrogens (tertiary/aromatic N) is 1. The van der Waals surface area contributed by atoms with E-state index < -0.39 is 0 Å². The number of furan rings is 1. The van der Waals surface area contributed by atoms with Gasteiger partial charge in [-0.3, -0.25) is 4.79 Å². The molecule has 0 aliphatic rings. The van der Waals surface area contributed by atoms with Crippen LogP contribution in [-0.4, -0.2) is 17.9 Å². The third-order valence-corrected chi connectivity index (χ3v) is 3.35. The SMILES string of the molecule is Cc1ccc(CN(C)C(=O)c2ccoc2Br)cc1. The van der Waals surface area contributed by atoms with Gasteiger partial charge in [0.2, 0.25) is 0 Å². The van der Waals surface area contributed by atoms with Crippen LogP contribution in [0.5, 0.6) is 0 Å². The third-order valence-electron chi connectivity index (χ3n) is 2.74. The highest BCUT2D eigenvalue weighted by Crippen LogP contribution is 2.19. The van der Waals surface area contributed by atoms with Crippen molar-refractivity contribution >= 4 is 21.8 Å². The molecule has 0 N–H and O–H groups in total. The Bertz CT molecular complexity index is 545. The highest BCUT2D eigenvalue weighted by atomic mass is 79.9. The Kier molecular flexibility index (Phi) is 3.87. The Balaban J connectivity index is 2.08. The first-order chi connectivity index (χ1) is 8.58. The maximum atomic E-state index is 12.1. The molecule has 0 atom stereocenters. The van der Waals surface area contributed by atoms with E-state index in [4.69, 9.17) is 4.42 Å². The number of benzene rings is 1. The highest BCUT2D eigenvalue weighted by molar-refractivity contribution is 9.10. The van der Waals surface area contributed by atoms with Gasteiger partial charge in [0.25, 0.3) is 5.91 Å². The van der Waals surface area contributed by atoms with Gasteiger partial charge in [-0.1, -0.05) is 29.8 Å². The minimum absolute atomic E-state index is 0.0591. The summed E-state index contributed by atoms with van der Waals surface area (Å²) in [5.41, 5.74) is 2.87. The van der Waals surface area contributed by atoms with Crippen LogP contribution in [0.4, 0.5) is 0 Å². The first-order valence-electron chi connectivity index (χ1n) is 5.62. The van der Waals surface area contributed by atoms with Gasteiger partial charge in [-0.15, -0.1) is 0 Å². The lowest BCUT2D eigenvalue weighted by Gasteiger charge is -2.16. The predicted octanol–water partition coefficient (Wildman–Crippen LogP) is 3.62. The molecule has 0 saturated carbocycles. The lowest BCUT2D eigenvalue weighted by atomic mass is 10.1. The van der Waals surface area contributed by atoms with Gasteiger partial charge in [0.1, 0.15) is 0 Å². The van der Waals surface area contributed by atoms with E-state index in [1.165, 1.54) is 11.8 Å². The van der Waals surface area contributed by atoms with E-state index in [0.29, 0.717) is 16.8 Å². The quantitative estimate of drug-likeness (QED) is 0.867. The van der Waals surface area contributed by atoms with Gasteiger partial charge in [-0.25, -0.2) is 0 Å². The molecule has 3 nitrogen and oxygen atoms in total. The summed E-state index contributed by atoms with van der Waals surface area (Å²) in [6, 6.07) is 9.81. The largest absolute Gasteiger partial charge is 0.457 e. The van der Waals surface area contributed by atoms with Gasteiger partial charge in [0, 0.05) is 13.6 Å². The highest BCUT2D eigenvalue weighted by Gasteiger charge is 2.16. The van der Waals surface area contributed by atoms with E-state index in [0.717, 1.165) is 5.56 Å². The van der Waals surface area contributed by atoms with Crippen molar-refractivity contribution in [1.29, 1.82) is 0 Å². The molecule has 1 heterocycles. The molecule has 18 heavy (non-hydrogen) atoms. The van der Waals surface area contributed by atoms with Crippen molar-refractivity contribution in [3.05, 3.63) is 58.0 Å². The van der Waals surface area contributed by atoms with Gasteiger partial charge in [0.15, 0.2) is 4.67 Å². The lowest BCUT2D eigenvalue weighted by Crippen LogP contribution is -2.26. The van der Waals surface area contributed by atoms with Crippen LogP contribution in [0.2, 0.25) is 0 Å². The standard InChI is InChI=1S/C14H14BrNO2/c1-10-3-5-11(6-4-10)9-16(2)14(17)12-7-8-18-13(12)15/h3-8H,9H2,1-2H3. The molecule has 0 saturated heterocycles. The minimum Gasteiger partial charge on any atom is -0.457 e. The summed E-state index contributed by atoms with van der Waals surface area (Å²) in [7, 11) is 1.78. The summed E-state index contributed by atoms with van der Waals surface area (Å²) in [4.78, 5) is 13.8. The van der Waals surface area contributed by atoms with Crippen molar-refractivity contribution in [3.63, 3.8) is 0 Å². The second-order valence-electron chi connectivity index (χ2n) is 4.25. The van der Waals surface area contributed by atoms with Gasteiger partial charge in [-0.05, 0) is 34.5 Å². The molecule has 1 aromatic heterocycles. The molecule has 0 unspecified atom stereocenters. The van der Waals surface area contributed by atoms with E-state index in [2.05, 4.69) is 15.9 Å². The zero-order chi connectivity index (χ0) is 13.1. The Labute approximate surface area is 115 Å². The number of carbonyl (C=O) groups is 1. The summed E-state index contributed by atoms with van der Waals surface area (Å²) in [6.07, 6.45) is 1.50. The number of rotatable bonds is 3. The molecule has 4 heteroatoms. The molecule has 1 aromatic carbocycles. The third kappa shape index (κ3) is 2.82. The number of aryl methyl sites for hydroxylation is 1. The molecule has 0 aliphatic heterocycles. The average Bonchev–Trinajstić information content (AvgIpc) is 2.77. The molecule has 0 fully saturated rings. The Morgan fingerprint density at radius 3 is 2.50 bits per heavy atom. The first-order valence-corrected chi connectivity index (χ1v) is 6.41. The molecular formula is C14H14BrNO2. The number of carbonyl (C=O) groups excluding carboxylic acids is 1. The van der Waals surface area contributed by atoms with Crippen molar-refractivity contribution in [2.45, 2.75) is 13.5 Å². The summed E-state index contributed by atoms with van der Waals surface area (Å²) < 4.78 is 5.55. The zero-order valence-electron chi connectivity index (χ0n) is 10.3. The van der Waals surface area contributed by atoms with Crippen LogP contribution in [0.1, 0.15) is 21.5 Å². The van der Waals surface area contributed by atoms with Crippen molar-refractivity contribution < 1.29 is 9.21 Å². The molecule has 94 valence electrons. The van der Waals surface area contributed by atoms with Crippen LogP contribution in [0.3, 0.4) is 0 Å². The van der Waals surface area contributed by atoms with Gasteiger partial charge in [0.05, 0.1) is 11.8 Å². The summed E-state index contributed by atoms with van der Waals surface area (Å²) in [5.74, 6) is -0.0591. The predicted molar refractivity (Wildman–Crippen MR) is 73.4 cm³/mol. The average molecular weight is 308 g/mol. The van der Waals surface area contributed by atoms with Crippen LogP contribution in [0.25, 0.3) is 0 Å². The van der Waals surface area contributed by atoms with Gasteiger partial charge >= 0.3 is 0 Å². The normalized spacial score (nSPS) is 10.4. The van der Waals surface area contributed by atoms with E-state index in [-0.39, 0.29) is 5.91 Å². The first kappa shape index (κ1) is 12.9. The summed E-state index contributed by atoms with van der Waals surface area (Å²) in [5, 5.41) is 0. The second-order valence-corrected chi connectivity index (χ2v) is 4.98. The van der Waals surface area contributed by atoms with Crippen molar-refractivity contribution in [2.24, 2.45) is 0 Å². The minimum atomic E-state index is -0.0591. The van der Waals surface area contributed by atoms with Crippen molar-refractivity contribution in [1.82, 2.24) is 4.90 Å². The smallest absolute Gasteiger partial charge is 0.258 e. The van der Waals surface area contributed by atoms with Crippen LogP contribution >= 0.6 is 15.9 Å². The fourth-order valence-corrected chi connectivity index (χ4v) is 2.10. The van der Waals surface area contributed by atoms with E-state index in [1.807, 2.05) is 31.2 Å². The molecular weight excluding hydrogens is 294 g/mol. The van der Waals surface area contributed by atoms with Gasteiger partial charge in [-0.2, -0.15) is 0 Å². The van der Waals surface area contributed by atoms with Crippen molar-refractivity contribution in [2.75, 3.05) is 7.05 Å². The molecule has 0 spiro atoms. The van der Waals surface area contributed by atoms with Crippen LogP contribution in [0.15, 0.2) is 45.7 Å². The summed E-state index contributed by atoms with van der Waals surface area (Å²) >= 11 is 3.22. The Hall–Kier alpha value is -1.55. The molecule has 0 bridgehead atoms. The molecule has 2 aromatic rings. The van der Waals surface area contributed by atoms with Crippen LogP contribution in [-0.2, 0) is 6.54 Å². The number of hydrogen-bond donors (Lipinski definition) is 0. The molecule has 0 radical (unpaired) electrons. The van der Waals surface area contributed by atoms with E-state index >= 15 is 0 Å². The fourth-order valence-electron chi connectivity index (χ4n) is 1.69. The van der Waals surface area contributed by atoms with Crippen molar-refractivity contribution in [3.8, 4) is 0 Å². The topological polar surface area (TPSA) is 33.5 Å². The summed E-state index contributed by atoms with van der Waals surface area (Å²) in [6.45, 7) is 2.62. The fraction of sp³-hybridized carbons (Fsp3) is 0.214.